The van der Waals surface area contributed by atoms with E-state index in [1.807, 2.05) is 0 Å². The van der Waals surface area contributed by atoms with Gasteiger partial charge in [0.1, 0.15) is 13.2 Å². The van der Waals surface area contributed by atoms with Gasteiger partial charge < -0.3 is 14.2 Å². The highest BCUT2D eigenvalue weighted by atomic mass is 16.6. The van der Waals surface area contributed by atoms with Gasteiger partial charge in [-0.2, -0.15) is 0 Å². The summed E-state index contributed by atoms with van der Waals surface area (Å²) in [6, 6.07) is 0. The maximum atomic E-state index is 12.8. The van der Waals surface area contributed by atoms with E-state index in [4.69, 9.17) is 14.2 Å². The molecule has 6 nitrogen and oxygen atoms in total. The summed E-state index contributed by atoms with van der Waals surface area (Å²) in [4.78, 5) is 38.2. The van der Waals surface area contributed by atoms with Gasteiger partial charge in [0.2, 0.25) is 0 Å². The van der Waals surface area contributed by atoms with Crippen molar-refractivity contribution in [1.82, 2.24) is 0 Å². The van der Waals surface area contributed by atoms with Gasteiger partial charge in [-0.25, -0.2) is 0 Å². The van der Waals surface area contributed by atoms with Crippen molar-refractivity contribution in [3.05, 3.63) is 146 Å². The molecular weight excluding hydrogens is 901 g/mol. The van der Waals surface area contributed by atoms with E-state index >= 15 is 0 Å². The van der Waals surface area contributed by atoms with Crippen molar-refractivity contribution in [2.24, 2.45) is 0 Å². The van der Waals surface area contributed by atoms with Gasteiger partial charge in [0.15, 0.2) is 6.10 Å². The zero-order valence-electron chi connectivity index (χ0n) is 46.8. The molecule has 0 spiro atoms. The second-order valence-electron chi connectivity index (χ2n) is 18.8. The maximum Gasteiger partial charge on any atom is 0.306 e. The van der Waals surface area contributed by atoms with E-state index < -0.39 is 6.10 Å². The van der Waals surface area contributed by atoms with Gasteiger partial charge in [-0.1, -0.05) is 231 Å². The molecule has 0 amide bonds. The minimum absolute atomic E-state index is 0.114. The van der Waals surface area contributed by atoms with Crippen molar-refractivity contribution in [2.75, 3.05) is 13.2 Å². The predicted octanol–water partition coefficient (Wildman–Crippen LogP) is 20.0. The monoisotopic (exact) mass is 1010 g/mol. The van der Waals surface area contributed by atoms with E-state index in [1.165, 1.54) is 64.2 Å². The predicted molar refractivity (Wildman–Crippen MR) is 315 cm³/mol. The zero-order valence-corrected chi connectivity index (χ0v) is 46.8. The molecule has 0 bridgehead atoms. The van der Waals surface area contributed by atoms with Crippen LogP contribution in [-0.4, -0.2) is 37.2 Å². The van der Waals surface area contributed by atoms with Crippen molar-refractivity contribution in [2.45, 2.75) is 245 Å². The highest BCUT2D eigenvalue weighted by molar-refractivity contribution is 5.71. The van der Waals surface area contributed by atoms with Crippen molar-refractivity contribution < 1.29 is 28.6 Å². The van der Waals surface area contributed by atoms with Crippen LogP contribution in [0.15, 0.2) is 146 Å². The van der Waals surface area contributed by atoms with Crippen LogP contribution in [0.1, 0.15) is 239 Å². The van der Waals surface area contributed by atoms with Crippen molar-refractivity contribution in [1.29, 1.82) is 0 Å². The lowest BCUT2D eigenvalue weighted by Crippen LogP contribution is -2.30. The summed E-state index contributed by atoms with van der Waals surface area (Å²) >= 11 is 0. The van der Waals surface area contributed by atoms with Crippen molar-refractivity contribution in [3.63, 3.8) is 0 Å². The van der Waals surface area contributed by atoms with Crippen molar-refractivity contribution >= 4 is 17.9 Å². The van der Waals surface area contributed by atoms with Crippen LogP contribution in [0.5, 0.6) is 0 Å². The van der Waals surface area contributed by atoms with E-state index in [9.17, 15) is 14.4 Å². The fourth-order valence-electron chi connectivity index (χ4n) is 7.53. The second-order valence-corrected chi connectivity index (χ2v) is 18.8. The number of hydrogen-bond donors (Lipinski definition) is 0. The number of allylic oxidation sites excluding steroid dienone is 24. The largest absolute Gasteiger partial charge is 0.462 e. The average molecular weight is 1010 g/mol. The summed E-state index contributed by atoms with van der Waals surface area (Å²) in [5.41, 5.74) is 0. The zero-order chi connectivity index (χ0) is 52.9. The molecule has 0 N–H and O–H groups in total. The van der Waals surface area contributed by atoms with Gasteiger partial charge in [0, 0.05) is 19.3 Å². The summed E-state index contributed by atoms with van der Waals surface area (Å²) in [5, 5.41) is 0. The van der Waals surface area contributed by atoms with Crippen LogP contribution < -0.4 is 0 Å². The lowest BCUT2D eigenvalue weighted by atomic mass is 10.0. The van der Waals surface area contributed by atoms with E-state index in [1.54, 1.807) is 0 Å². The van der Waals surface area contributed by atoms with Gasteiger partial charge >= 0.3 is 17.9 Å². The first-order valence-corrected chi connectivity index (χ1v) is 29.3. The van der Waals surface area contributed by atoms with Crippen LogP contribution in [0.2, 0.25) is 0 Å². The third kappa shape index (κ3) is 58.1. The molecular formula is C67H106O6. The Hall–Kier alpha value is -4.71. The first kappa shape index (κ1) is 68.3. The third-order valence-corrected chi connectivity index (χ3v) is 11.8. The topological polar surface area (TPSA) is 78.9 Å². The molecule has 1 atom stereocenters. The lowest BCUT2D eigenvalue weighted by Gasteiger charge is -2.18. The summed E-state index contributed by atoms with van der Waals surface area (Å²) in [7, 11) is 0. The highest BCUT2D eigenvalue weighted by Crippen LogP contribution is 2.14. The standard InChI is InChI=1S/C67H106O6/c1-4-7-10-13-16-19-22-25-28-29-30-31-32-33-34-35-36-37-40-42-45-48-51-54-57-60-66(69)72-63-64(73-67(70)61-58-55-52-49-46-43-39-27-24-21-18-15-12-9-6-3)62-71-65(68)59-56-53-50-47-44-41-38-26-23-20-17-14-11-8-5-2/h7-12,16-21,25-28,30-31,38-39,44,46-47,49,64H,4-6,13-15,22-24,29,32-37,40-43,45,48,50-63H2,1-3H3/b10-7-,11-8-,12-9-,19-16-,20-17-,21-18-,28-25-,31-30-,38-26-,39-27-,47-44-,49-46-. The molecule has 0 radical (unpaired) electrons. The van der Waals surface area contributed by atoms with Gasteiger partial charge in [-0.3, -0.25) is 14.4 Å². The molecule has 0 aliphatic heterocycles. The molecule has 0 fully saturated rings. The molecule has 0 rings (SSSR count). The molecule has 0 aliphatic carbocycles. The summed E-state index contributed by atoms with van der Waals surface area (Å²) in [6.07, 6.45) is 85.7. The number of carbonyl (C=O) groups excluding carboxylic acids is 3. The van der Waals surface area contributed by atoms with E-state index in [2.05, 4.69) is 167 Å². The molecule has 0 heterocycles. The Balaban J connectivity index is 4.42. The van der Waals surface area contributed by atoms with Crippen LogP contribution >= 0.6 is 0 Å². The molecule has 0 aromatic rings. The molecule has 73 heavy (non-hydrogen) atoms. The Labute approximate surface area is 448 Å². The Morgan fingerprint density at radius 2 is 0.493 bits per heavy atom. The van der Waals surface area contributed by atoms with Crippen LogP contribution in [0.4, 0.5) is 0 Å². The number of carbonyl (C=O) groups is 3. The van der Waals surface area contributed by atoms with E-state index in [0.29, 0.717) is 25.7 Å². The average Bonchev–Trinajstić information content (AvgIpc) is 3.39. The smallest absolute Gasteiger partial charge is 0.306 e. The minimum Gasteiger partial charge on any atom is -0.462 e. The molecule has 410 valence electrons. The maximum absolute atomic E-state index is 12.8. The van der Waals surface area contributed by atoms with Gasteiger partial charge in [-0.15, -0.1) is 0 Å². The van der Waals surface area contributed by atoms with Crippen LogP contribution in [0.3, 0.4) is 0 Å². The Kier molecular flexibility index (Phi) is 56.0. The molecule has 0 saturated carbocycles. The number of esters is 3. The molecule has 0 aliphatic rings. The normalized spacial score (nSPS) is 13.2. The molecule has 0 aromatic carbocycles. The first-order valence-electron chi connectivity index (χ1n) is 29.3. The second kappa shape index (κ2) is 59.8. The first-order chi connectivity index (χ1) is 36.0. The summed E-state index contributed by atoms with van der Waals surface area (Å²) in [6.45, 7) is 6.22. The minimum atomic E-state index is -0.824. The number of rotatable bonds is 51. The summed E-state index contributed by atoms with van der Waals surface area (Å²) in [5.74, 6) is -1.01. The fraction of sp³-hybridized carbons (Fsp3) is 0.597. The molecule has 0 aromatic heterocycles. The van der Waals surface area contributed by atoms with Gasteiger partial charge in [0.05, 0.1) is 0 Å². The molecule has 0 saturated heterocycles. The summed E-state index contributed by atoms with van der Waals surface area (Å²) < 4.78 is 16.8. The van der Waals surface area contributed by atoms with Crippen LogP contribution in [0, 0.1) is 0 Å². The Bertz CT molecular complexity index is 1630. The van der Waals surface area contributed by atoms with Crippen molar-refractivity contribution in [3.8, 4) is 0 Å². The number of ether oxygens (including phenoxy) is 3. The van der Waals surface area contributed by atoms with Crippen LogP contribution in [0.25, 0.3) is 0 Å². The third-order valence-electron chi connectivity index (χ3n) is 11.8. The van der Waals surface area contributed by atoms with Crippen LogP contribution in [-0.2, 0) is 28.6 Å². The number of unbranched alkanes of at least 4 members (excludes halogenated alkanes) is 16. The quantitative estimate of drug-likeness (QED) is 0.0261. The van der Waals surface area contributed by atoms with E-state index in [0.717, 1.165) is 122 Å². The SMILES string of the molecule is CC/C=C\C/C=C\C/C=C\C/C=C\CCCCCCCCCCCCCCC(=O)OCC(COC(=O)CCCC/C=C\C/C=C\C/C=C\C/C=C\CC)OC(=O)CCCC/C=C\C/C=C\C/C=C\C/C=C\CC. The lowest BCUT2D eigenvalue weighted by molar-refractivity contribution is -0.167. The van der Waals surface area contributed by atoms with Gasteiger partial charge in [-0.05, 0) is 135 Å². The highest BCUT2D eigenvalue weighted by Gasteiger charge is 2.19. The number of hydrogen-bond acceptors (Lipinski definition) is 6. The molecule has 1 unspecified atom stereocenters. The van der Waals surface area contributed by atoms with Gasteiger partial charge in [0.25, 0.3) is 0 Å². The Morgan fingerprint density at radius 3 is 0.795 bits per heavy atom. The fourth-order valence-corrected chi connectivity index (χ4v) is 7.53. The van der Waals surface area contributed by atoms with E-state index in [-0.39, 0.29) is 37.5 Å². The Morgan fingerprint density at radius 1 is 0.274 bits per heavy atom. The molecule has 6 heteroatoms.